The van der Waals surface area contributed by atoms with E-state index in [9.17, 15) is 4.79 Å². The molecule has 2 aromatic carbocycles. The van der Waals surface area contributed by atoms with Crippen LogP contribution in [0.15, 0.2) is 72.2 Å². The molecule has 1 aliphatic heterocycles. The number of para-hydroxylation sites is 1. The predicted octanol–water partition coefficient (Wildman–Crippen LogP) is 5.71. The summed E-state index contributed by atoms with van der Waals surface area (Å²) in [6.07, 6.45) is 3.82. The first-order chi connectivity index (χ1) is 14.3. The second kappa shape index (κ2) is 7.53. The third-order valence-electron chi connectivity index (χ3n) is 5.97. The first-order valence-corrected chi connectivity index (χ1v) is 11.1. The Hall–Kier alpha value is -2.85. The van der Waals surface area contributed by atoms with E-state index in [1.54, 1.807) is 11.3 Å². The van der Waals surface area contributed by atoms with Crippen LogP contribution in [0.25, 0.3) is 10.9 Å². The minimum atomic E-state index is 0.0948. The molecule has 3 heterocycles. The van der Waals surface area contributed by atoms with Gasteiger partial charge in [0.15, 0.2) is 0 Å². The number of benzene rings is 2. The van der Waals surface area contributed by atoms with Gasteiger partial charge in [0.05, 0.1) is 11.6 Å². The summed E-state index contributed by atoms with van der Waals surface area (Å²) in [6.45, 7) is 3.75. The maximum atomic E-state index is 13.8. The highest BCUT2D eigenvalue weighted by atomic mass is 32.1. The molecule has 2 aromatic heterocycles. The third-order valence-corrected chi connectivity index (χ3v) is 7.03. The molecule has 4 aromatic rings. The molecule has 0 saturated carbocycles. The Balaban J connectivity index is 1.56. The van der Waals surface area contributed by atoms with Crippen molar-refractivity contribution in [3.8, 4) is 0 Å². The van der Waals surface area contributed by atoms with Crippen LogP contribution in [0.2, 0.25) is 0 Å². The Labute approximate surface area is 175 Å². The zero-order valence-electron chi connectivity index (χ0n) is 16.5. The number of nitrogens with zero attached hydrogens (tertiary/aromatic N) is 2. The van der Waals surface area contributed by atoms with Crippen LogP contribution in [0.5, 0.6) is 0 Å². The van der Waals surface area contributed by atoms with Gasteiger partial charge in [0.2, 0.25) is 0 Å². The zero-order valence-corrected chi connectivity index (χ0v) is 17.4. The van der Waals surface area contributed by atoms with Crippen molar-refractivity contribution in [3.63, 3.8) is 0 Å². The molecule has 1 unspecified atom stereocenters. The Morgan fingerprint density at radius 2 is 1.86 bits per heavy atom. The fourth-order valence-electron chi connectivity index (χ4n) is 4.50. The van der Waals surface area contributed by atoms with E-state index in [0.29, 0.717) is 0 Å². The van der Waals surface area contributed by atoms with E-state index in [4.69, 9.17) is 0 Å². The van der Waals surface area contributed by atoms with Gasteiger partial charge in [-0.15, -0.1) is 11.3 Å². The van der Waals surface area contributed by atoms with Crippen molar-refractivity contribution in [2.45, 2.75) is 32.4 Å². The highest BCUT2D eigenvalue weighted by Gasteiger charge is 2.33. The van der Waals surface area contributed by atoms with Crippen molar-refractivity contribution < 1.29 is 4.79 Å². The van der Waals surface area contributed by atoms with E-state index in [1.165, 1.54) is 16.0 Å². The summed E-state index contributed by atoms with van der Waals surface area (Å²) in [7, 11) is 0. The highest BCUT2D eigenvalue weighted by Crippen LogP contribution is 2.38. The number of carbonyl (C=O) groups excluding carboxylic acids is 1. The van der Waals surface area contributed by atoms with Crippen molar-refractivity contribution in [1.82, 2.24) is 9.47 Å². The number of aromatic nitrogens is 1. The Morgan fingerprint density at radius 3 is 2.69 bits per heavy atom. The first kappa shape index (κ1) is 18.2. The monoisotopic (exact) mass is 400 g/mol. The molecule has 4 heteroatoms. The number of thiophene rings is 1. The van der Waals surface area contributed by atoms with Crippen LogP contribution in [0.1, 0.15) is 39.3 Å². The molecule has 3 nitrogen and oxygen atoms in total. The van der Waals surface area contributed by atoms with Crippen LogP contribution in [0.3, 0.4) is 0 Å². The quantitative estimate of drug-likeness (QED) is 0.431. The van der Waals surface area contributed by atoms with Crippen molar-refractivity contribution in [2.24, 2.45) is 0 Å². The lowest BCUT2D eigenvalue weighted by atomic mass is 9.95. The Bertz CT molecular complexity index is 1160. The van der Waals surface area contributed by atoms with E-state index >= 15 is 0 Å². The normalized spacial score (nSPS) is 16.2. The van der Waals surface area contributed by atoms with Crippen molar-refractivity contribution >= 4 is 28.1 Å². The molecule has 0 N–H and O–H groups in total. The smallest absolute Gasteiger partial charge is 0.256 e. The summed E-state index contributed by atoms with van der Waals surface area (Å²) in [5, 5.41) is 3.22. The number of carbonyl (C=O) groups is 1. The summed E-state index contributed by atoms with van der Waals surface area (Å²) < 4.78 is 2.18. The minimum Gasteiger partial charge on any atom is -0.347 e. The second-order valence-corrected chi connectivity index (χ2v) is 8.56. The zero-order chi connectivity index (χ0) is 19.8. The summed E-state index contributed by atoms with van der Waals surface area (Å²) in [5.74, 6) is 0.147. The largest absolute Gasteiger partial charge is 0.347 e. The van der Waals surface area contributed by atoms with E-state index in [1.807, 2.05) is 24.4 Å². The lowest BCUT2D eigenvalue weighted by Crippen LogP contribution is -2.40. The molecule has 1 aliphatic rings. The van der Waals surface area contributed by atoms with E-state index in [0.717, 1.165) is 42.4 Å². The topological polar surface area (TPSA) is 25.2 Å². The summed E-state index contributed by atoms with van der Waals surface area (Å²) >= 11 is 1.78. The van der Waals surface area contributed by atoms with Gasteiger partial charge in [0.1, 0.15) is 0 Å². The molecular weight excluding hydrogens is 376 g/mol. The van der Waals surface area contributed by atoms with E-state index in [2.05, 4.69) is 64.2 Å². The molecule has 0 saturated heterocycles. The third kappa shape index (κ3) is 3.18. The van der Waals surface area contributed by atoms with Crippen molar-refractivity contribution in [1.29, 1.82) is 0 Å². The van der Waals surface area contributed by atoms with Gasteiger partial charge in [-0.3, -0.25) is 4.79 Å². The Kier molecular flexibility index (Phi) is 4.72. The second-order valence-electron chi connectivity index (χ2n) is 7.61. The van der Waals surface area contributed by atoms with Crippen molar-refractivity contribution in [3.05, 3.63) is 93.8 Å². The average molecular weight is 401 g/mol. The summed E-state index contributed by atoms with van der Waals surface area (Å²) in [6, 6.07) is 21.1. The highest BCUT2D eigenvalue weighted by molar-refractivity contribution is 7.10. The number of hydrogen-bond acceptors (Lipinski definition) is 2. The molecular formula is C25H24N2OS. The number of hydrogen-bond donors (Lipinski definition) is 0. The van der Waals surface area contributed by atoms with Gasteiger partial charge in [-0.2, -0.15) is 0 Å². The van der Waals surface area contributed by atoms with Crippen LogP contribution in [0, 0.1) is 0 Å². The van der Waals surface area contributed by atoms with E-state index in [-0.39, 0.29) is 11.9 Å². The van der Waals surface area contributed by atoms with Gasteiger partial charge >= 0.3 is 0 Å². The van der Waals surface area contributed by atoms with Crippen LogP contribution in [-0.2, 0) is 19.4 Å². The van der Waals surface area contributed by atoms with Gasteiger partial charge in [0, 0.05) is 35.1 Å². The average Bonchev–Trinajstić information content (AvgIpc) is 3.39. The number of amides is 1. The van der Waals surface area contributed by atoms with Gasteiger partial charge < -0.3 is 9.47 Å². The summed E-state index contributed by atoms with van der Waals surface area (Å²) in [5.41, 5.74) is 4.62. The maximum Gasteiger partial charge on any atom is 0.256 e. The molecule has 0 radical (unpaired) electrons. The van der Waals surface area contributed by atoms with E-state index < -0.39 is 0 Å². The molecule has 0 aliphatic carbocycles. The van der Waals surface area contributed by atoms with Gasteiger partial charge in [0.25, 0.3) is 5.91 Å². The Morgan fingerprint density at radius 1 is 1.07 bits per heavy atom. The van der Waals surface area contributed by atoms with Gasteiger partial charge in [-0.1, -0.05) is 48.5 Å². The maximum absolute atomic E-state index is 13.8. The molecule has 5 rings (SSSR count). The fourth-order valence-corrected chi connectivity index (χ4v) is 5.57. The molecule has 1 amide bonds. The van der Waals surface area contributed by atoms with Crippen molar-refractivity contribution in [2.75, 3.05) is 6.54 Å². The summed E-state index contributed by atoms with van der Waals surface area (Å²) in [4.78, 5) is 17.2. The van der Waals surface area contributed by atoms with Gasteiger partial charge in [-0.05, 0) is 48.4 Å². The first-order valence-electron chi connectivity index (χ1n) is 10.2. The lowest BCUT2D eigenvalue weighted by Gasteiger charge is -2.36. The van der Waals surface area contributed by atoms with Crippen LogP contribution in [-0.4, -0.2) is 21.9 Å². The number of rotatable bonds is 4. The fraction of sp³-hybridized carbons (Fsp3) is 0.240. The van der Waals surface area contributed by atoms with Crippen LogP contribution >= 0.6 is 11.3 Å². The molecule has 0 fully saturated rings. The van der Waals surface area contributed by atoms with Gasteiger partial charge in [-0.25, -0.2) is 0 Å². The molecule has 0 bridgehead atoms. The number of aryl methyl sites for hydroxylation is 1. The molecule has 146 valence electrons. The number of fused-ring (bicyclic) bond motifs is 2. The standard InChI is InChI=1S/C25H24N2OS/c1-2-26-17-21(20-10-6-7-11-22(20)26)25(28)27-14-12-19-13-15-29-24(19)23(27)16-18-8-4-3-5-9-18/h3-11,13,15,17,23H,2,12,14,16H2,1H3. The van der Waals surface area contributed by atoms with Crippen LogP contribution < -0.4 is 0 Å². The molecule has 0 spiro atoms. The molecule has 1 atom stereocenters. The molecule has 29 heavy (non-hydrogen) atoms. The SMILES string of the molecule is CCn1cc(C(=O)N2CCc3ccsc3C2Cc2ccccc2)c2ccccc21. The minimum absolute atomic E-state index is 0.0948. The predicted molar refractivity (Wildman–Crippen MR) is 120 cm³/mol. The van der Waals surface area contributed by atoms with Crippen LogP contribution in [0.4, 0.5) is 0 Å². The lowest BCUT2D eigenvalue weighted by molar-refractivity contribution is 0.0666.